The third-order valence-corrected chi connectivity index (χ3v) is 2.30. The van der Waals surface area contributed by atoms with Gasteiger partial charge in [-0.15, -0.1) is 0 Å². The fourth-order valence-corrected chi connectivity index (χ4v) is 1.46. The highest BCUT2D eigenvalue weighted by atomic mass is 16.3. The molecule has 0 spiro atoms. The number of hydrogen-bond acceptors (Lipinski definition) is 2. The van der Waals surface area contributed by atoms with E-state index in [1.54, 1.807) is 6.92 Å². The van der Waals surface area contributed by atoms with Gasteiger partial charge in [-0.2, -0.15) is 0 Å². The maximum Gasteiger partial charge on any atom is 0.0704 e. The van der Waals surface area contributed by atoms with Gasteiger partial charge in [0, 0.05) is 0 Å². The van der Waals surface area contributed by atoms with Crippen molar-refractivity contribution in [1.29, 1.82) is 0 Å². The van der Waals surface area contributed by atoms with Gasteiger partial charge >= 0.3 is 0 Å². The Balaban J connectivity index is 3.01. The molecule has 13 heavy (non-hydrogen) atoms. The van der Waals surface area contributed by atoms with Crippen LogP contribution in [0.3, 0.4) is 0 Å². The Morgan fingerprint density at radius 2 is 1.92 bits per heavy atom. The van der Waals surface area contributed by atoms with E-state index in [-0.39, 0.29) is 6.04 Å². The van der Waals surface area contributed by atoms with Gasteiger partial charge in [0.15, 0.2) is 0 Å². The van der Waals surface area contributed by atoms with Gasteiger partial charge in [0.25, 0.3) is 0 Å². The van der Waals surface area contributed by atoms with Crippen LogP contribution in [0.25, 0.3) is 0 Å². The van der Waals surface area contributed by atoms with Gasteiger partial charge in [0.1, 0.15) is 0 Å². The second-order valence-corrected chi connectivity index (χ2v) is 3.63. The molecule has 0 unspecified atom stereocenters. The van der Waals surface area contributed by atoms with E-state index in [1.807, 2.05) is 26.0 Å². The molecule has 0 radical (unpaired) electrons. The summed E-state index contributed by atoms with van der Waals surface area (Å²) in [7, 11) is 0. The highest BCUT2D eigenvalue weighted by Gasteiger charge is 2.13. The van der Waals surface area contributed by atoms with Gasteiger partial charge in [0.05, 0.1) is 12.1 Å². The normalized spacial score (nSPS) is 15.5. The Labute approximate surface area is 79.4 Å². The lowest BCUT2D eigenvalue weighted by Gasteiger charge is -2.17. The summed E-state index contributed by atoms with van der Waals surface area (Å²) in [5.74, 6) is 0. The Morgan fingerprint density at radius 1 is 1.31 bits per heavy atom. The SMILES string of the molecule is Cc1ccc([C@H](N)[C@@H](C)O)c(C)c1. The van der Waals surface area contributed by atoms with Gasteiger partial charge in [-0.1, -0.05) is 23.8 Å². The highest BCUT2D eigenvalue weighted by molar-refractivity contribution is 5.33. The molecule has 2 atom stereocenters. The van der Waals surface area contributed by atoms with Crippen LogP contribution in [-0.4, -0.2) is 11.2 Å². The third-order valence-electron chi connectivity index (χ3n) is 2.30. The Morgan fingerprint density at radius 3 is 2.38 bits per heavy atom. The summed E-state index contributed by atoms with van der Waals surface area (Å²) in [4.78, 5) is 0. The van der Waals surface area contributed by atoms with Crippen LogP contribution in [0.1, 0.15) is 29.7 Å². The zero-order valence-electron chi connectivity index (χ0n) is 8.41. The van der Waals surface area contributed by atoms with Crippen LogP contribution in [0.5, 0.6) is 0 Å². The minimum atomic E-state index is -0.499. The lowest BCUT2D eigenvalue weighted by Crippen LogP contribution is -2.23. The number of rotatable bonds is 2. The molecule has 0 aliphatic rings. The summed E-state index contributed by atoms with van der Waals surface area (Å²) in [6.07, 6.45) is -0.499. The van der Waals surface area contributed by atoms with Crippen molar-refractivity contribution in [2.75, 3.05) is 0 Å². The smallest absolute Gasteiger partial charge is 0.0704 e. The number of hydrogen-bond donors (Lipinski definition) is 2. The van der Waals surface area contributed by atoms with Crippen molar-refractivity contribution in [2.45, 2.75) is 32.9 Å². The first-order valence-corrected chi connectivity index (χ1v) is 4.53. The maximum absolute atomic E-state index is 9.34. The van der Waals surface area contributed by atoms with Crippen LogP contribution < -0.4 is 5.73 Å². The summed E-state index contributed by atoms with van der Waals surface area (Å²) in [5, 5.41) is 9.34. The quantitative estimate of drug-likeness (QED) is 0.725. The van der Waals surface area contributed by atoms with Crippen molar-refractivity contribution in [3.63, 3.8) is 0 Å². The molecule has 1 rings (SSSR count). The molecule has 0 aliphatic heterocycles. The predicted octanol–water partition coefficient (Wildman–Crippen LogP) is 1.68. The molecule has 0 saturated heterocycles. The molecular formula is C11H17NO. The summed E-state index contributed by atoms with van der Waals surface area (Å²) < 4.78 is 0. The van der Waals surface area contributed by atoms with Crippen LogP contribution in [-0.2, 0) is 0 Å². The lowest BCUT2D eigenvalue weighted by atomic mass is 9.97. The van der Waals surface area contributed by atoms with Crippen molar-refractivity contribution in [2.24, 2.45) is 5.73 Å². The predicted molar refractivity (Wildman–Crippen MR) is 54.5 cm³/mol. The first kappa shape index (κ1) is 10.2. The molecule has 0 aliphatic carbocycles. The van der Waals surface area contributed by atoms with Crippen LogP contribution in [0.2, 0.25) is 0 Å². The van der Waals surface area contributed by atoms with Crippen LogP contribution in [0.4, 0.5) is 0 Å². The van der Waals surface area contributed by atoms with Gasteiger partial charge in [0.2, 0.25) is 0 Å². The molecule has 2 heteroatoms. The van der Waals surface area contributed by atoms with Gasteiger partial charge < -0.3 is 10.8 Å². The zero-order chi connectivity index (χ0) is 10.0. The van der Waals surface area contributed by atoms with E-state index in [4.69, 9.17) is 5.73 Å². The summed E-state index contributed by atoms with van der Waals surface area (Å²) in [6.45, 7) is 5.78. The lowest BCUT2D eigenvalue weighted by molar-refractivity contribution is 0.164. The molecule has 0 bridgehead atoms. The number of nitrogens with two attached hydrogens (primary N) is 1. The molecule has 0 heterocycles. The number of benzene rings is 1. The highest BCUT2D eigenvalue weighted by Crippen LogP contribution is 2.19. The molecule has 0 fully saturated rings. The van der Waals surface area contributed by atoms with E-state index in [1.165, 1.54) is 5.56 Å². The van der Waals surface area contributed by atoms with Crippen molar-refractivity contribution >= 4 is 0 Å². The van der Waals surface area contributed by atoms with Gasteiger partial charge in [-0.25, -0.2) is 0 Å². The van der Waals surface area contributed by atoms with Gasteiger partial charge in [-0.05, 0) is 31.9 Å². The van der Waals surface area contributed by atoms with E-state index < -0.39 is 6.10 Å². The minimum absolute atomic E-state index is 0.277. The second kappa shape index (κ2) is 3.90. The molecule has 3 N–H and O–H groups in total. The average Bonchev–Trinajstić information content (AvgIpc) is 2.03. The number of aryl methyl sites for hydroxylation is 2. The topological polar surface area (TPSA) is 46.2 Å². The van der Waals surface area contributed by atoms with Crippen molar-refractivity contribution in [1.82, 2.24) is 0 Å². The first-order chi connectivity index (χ1) is 6.02. The summed E-state index contributed by atoms with van der Waals surface area (Å²) in [5.41, 5.74) is 9.24. The van der Waals surface area contributed by atoms with E-state index >= 15 is 0 Å². The molecule has 0 amide bonds. The van der Waals surface area contributed by atoms with E-state index in [2.05, 4.69) is 6.07 Å². The second-order valence-electron chi connectivity index (χ2n) is 3.63. The first-order valence-electron chi connectivity index (χ1n) is 4.53. The molecule has 1 aromatic carbocycles. The Hall–Kier alpha value is -0.860. The maximum atomic E-state index is 9.34. The van der Waals surface area contributed by atoms with Crippen LogP contribution in [0.15, 0.2) is 18.2 Å². The third kappa shape index (κ3) is 2.29. The van der Waals surface area contributed by atoms with Crippen molar-refractivity contribution < 1.29 is 5.11 Å². The molecule has 1 aromatic rings. The standard InChI is InChI=1S/C11H17NO/c1-7-4-5-10(8(2)6-7)11(12)9(3)13/h4-6,9,11,13H,12H2,1-3H3/t9-,11-/m1/s1. The average molecular weight is 179 g/mol. The molecule has 72 valence electrons. The van der Waals surface area contributed by atoms with Crippen molar-refractivity contribution in [3.05, 3.63) is 34.9 Å². The van der Waals surface area contributed by atoms with Crippen LogP contribution in [0, 0.1) is 13.8 Å². The minimum Gasteiger partial charge on any atom is -0.391 e. The van der Waals surface area contributed by atoms with Gasteiger partial charge in [-0.3, -0.25) is 0 Å². The fourth-order valence-electron chi connectivity index (χ4n) is 1.46. The molecule has 0 aromatic heterocycles. The zero-order valence-corrected chi connectivity index (χ0v) is 8.41. The number of aliphatic hydroxyl groups excluding tert-OH is 1. The number of aliphatic hydroxyl groups is 1. The molecule has 0 saturated carbocycles. The summed E-state index contributed by atoms with van der Waals surface area (Å²) in [6, 6.07) is 5.81. The van der Waals surface area contributed by atoms with E-state index in [9.17, 15) is 5.11 Å². The van der Waals surface area contributed by atoms with Crippen LogP contribution >= 0.6 is 0 Å². The molecular weight excluding hydrogens is 162 g/mol. The largest absolute Gasteiger partial charge is 0.391 e. The van der Waals surface area contributed by atoms with Crippen molar-refractivity contribution in [3.8, 4) is 0 Å². The summed E-state index contributed by atoms with van der Waals surface area (Å²) >= 11 is 0. The Bertz CT molecular complexity index is 294. The molecule has 2 nitrogen and oxygen atoms in total. The van der Waals surface area contributed by atoms with E-state index in [0.29, 0.717) is 0 Å². The monoisotopic (exact) mass is 179 g/mol. The van der Waals surface area contributed by atoms with E-state index in [0.717, 1.165) is 11.1 Å². The fraction of sp³-hybridized carbons (Fsp3) is 0.455. The Kier molecular flexibility index (Phi) is 3.07.